The summed E-state index contributed by atoms with van der Waals surface area (Å²) in [6.45, 7) is 5.35. The number of hydrogen-bond acceptors (Lipinski definition) is 4. The Morgan fingerprint density at radius 2 is 2.22 bits per heavy atom. The summed E-state index contributed by atoms with van der Waals surface area (Å²) in [5, 5.41) is 13.0. The van der Waals surface area contributed by atoms with Crippen molar-refractivity contribution in [2.75, 3.05) is 26.2 Å². The molecule has 3 atom stereocenters. The smallest absolute Gasteiger partial charge is 0.249 e. The van der Waals surface area contributed by atoms with Gasteiger partial charge in [-0.05, 0) is 29.9 Å². The highest BCUT2D eigenvalue weighted by Crippen LogP contribution is 2.20. The number of nitrogens with zero attached hydrogens (tertiary/aromatic N) is 1. The van der Waals surface area contributed by atoms with E-state index in [0.717, 1.165) is 25.9 Å². The molecule has 0 aromatic heterocycles. The molecule has 1 aromatic rings. The number of hydrogen-bond donors (Lipinski definition) is 2. The van der Waals surface area contributed by atoms with Gasteiger partial charge in [-0.1, -0.05) is 31.2 Å². The van der Waals surface area contributed by atoms with Crippen molar-refractivity contribution >= 4 is 5.91 Å². The molecule has 2 aliphatic heterocycles. The van der Waals surface area contributed by atoms with E-state index >= 15 is 0 Å². The number of rotatable bonds is 5. The van der Waals surface area contributed by atoms with Gasteiger partial charge < -0.3 is 15.2 Å². The zero-order chi connectivity index (χ0) is 16.2. The summed E-state index contributed by atoms with van der Waals surface area (Å²) in [4.78, 5) is 14.3. The van der Waals surface area contributed by atoms with Crippen LogP contribution < -0.4 is 5.32 Å². The molecule has 0 aliphatic carbocycles. The molecule has 3 rings (SSSR count). The van der Waals surface area contributed by atoms with Crippen LogP contribution in [0.2, 0.25) is 0 Å². The van der Waals surface area contributed by atoms with Gasteiger partial charge in [0.05, 0.1) is 6.10 Å². The quantitative estimate of drug-likeness (QED) is 0.848. The fourth-order valence-corrected chi connectivity index (χ4v) is 3.42. The standard InChI is InChI=1S/C18H26N2O3/c1-13-7-9-23-17(13)18(22)19-10-16(21)12-20-8-6-14-4-2-3-5-15(14)11-20/h2-5,13,16-17,21H,6-12H2,1H3,(H,19,22). The molecule has 2 heterocycles. The number of benzene rings is 1. The van der Waals surface area contributed by atoms with Crippen LogP contribution in [0.3, 0.4) is 0 Å². The molecule has 1 amide bonds. The van der Waals surface area contributed by atoms with E-state index < -0.39 is 6.10 Å². The van der Waals surface area contributed by atoms with Gasteiger partial charge >= 0.3 is 0 Å². The molecule has 126 valence electrons. The van der Waals surface area contributed by atoms with Crippen LogP contribution in [0.25, 0.3) is 0 Å². The third-order valence-electron chi connectivity index (χ3n) is 4.84. The fourth-order valence-electron chi connectivity index (χ4n) is 3.42. The van der Waals surface area contributed by atoms with Crippen LogP contribution in [0.15, 0.2) is 24.3 Å². The highest BCUT2D eigenvalue weighted by molar-refractivity contribution is 5.81. The predicted octanol–water partition coefficient (Wildman–Crippen LogP) is 0.947. The van der Waals surface area contributed by atoms with Crippen molar-refractivity contribution in [1.29, 1.82) is 0 Å². The second-order valence-corrected chi connectivity index (χ2v) is 6.71. The number of aliphatic hydroxyl groups excluding tert-OH is 1. The fraction of sp³-hybridized carbons (Fsp3) is 0.611. The van der Waals surface area contributed by atoms with E-state index in [1.165, 1.54) is 11.1 Å². The Balaban J connectivity index is 1.43. The largest absolute Gasteiger partial charge is 0.390 e. The number of β-amino-alcohol motifs (C(OH)–C–C–N with tert-alkyl or cyclic N) is 1. The Hall–Kier alpha value is -1.43. The average Bonchev–Trinajstić information content (AvgIpc) is 2.98. The summed E-state index contributed by atoms with van der Waals surface area (Å²) in [6.07, 6.45) is 1.03. The lowest BCUT2D eigenvalue weighted by Crippen LogP contribution is -2.45. The molecular weight excluding hydrogens is 292 g/mol. The van der Waals surface area contributed by atoms with Gasteiger partial charge in [0.2, 0.25) is 5.91 Å². The Labute approximate surface area is 137 Å². The topological polar surface area (TPSA) is 61.8 Å². The van der Waals surface area contributed by atoms with Crippen molar-refractivity contribution in [3.8, 4) is 0 Å². The molecule has 0 saturated carbocycles. The molecule has 2 N–H and O–H groups in total. The zero-order valence-corrected chi connectivity index (χ0v) is 13.7. The van der Waals surface area contributed by atoms with E-state index in [1.54, 1.807) is 0 Å². The molecule has 1 fully saturated rings. The normalized spacial score (nSPS) is 25.8. The van der Waals surface area contributed by atoms with Crippen LogP contribution in [0.1, 0.15) is 24.5 Å². The first-order chi connectivity index (χ1) is 11.1. The summed E-state index contributed by atoms with van der Waals surface area (Å²) >= 11 is 0. The van der Waals surface area contributed by atoms with Crippen molar-refractivity contribution < 1.29 is 14.6 Å². The molecule has 0 spiro atoms. The lowest BCUT2D eigenvalue weighted by molar-refractivity contribution is -0.132. The molecule has 5 nitrogen and oxygen atoms in total. The Morgan fingerprint density at radius 1 is 1.43 bits per heavy atom. The summed E-state index contributed by atoms with van der Waals surface area (Å²) in [5.74, 6) is 0.156. The summed E-state index contributed by atoms with van der Waals surface area (Å²) in [6, 6.07) is 8.45. The third kappa shape index (κ3) is 4.10. The number of carbonyl (C=O) groups excluding carboxylic acids is 1. The molecule has 1 saturated heterocycles. The molecule has 3 unspecified atom stereocenters. The minimum atomic E-state index is -0.555. The van der Waals surface area contributed by atoms with Gasteiger partial charge in [-0.25, -0.2) is 0 Å². The van der Waals surface area contributed by atoms with Crippen LogP contribution in [-0.2, 0) is 22.5 Å². The van der Waals surface area contributed by atoms with Crippen LogP contribution in [0, 0.1) is 5.92 Å². The lowest BCUT2D eigenvalue weighted by atomic mass is 10.00. The number of fused-ring (bicyclic) bond motifs is 1. The molecule has 1 aromatic carbocycles. The first-order valence-corrected chi connectivity index (χ1v) is 8.50. The van der Waals surface area contributed by atoms with Crippen LogP contribution in [0.4, 0.5) is 0 Å². The van der Waals surface area contributed by atoms with Gasteiger partial charge in [-0.15, -0.1) is 0 Å². The maximum Gasteiger partial charge on any atom is 0.249 e. The number of carbonyl (C=O) groups is 1. The number of ether oxygens (including phenoxy) is 1. The van der Waals surface area contributed by atoms with Gasteiger partial charge in [-0.2, -0.15) is 0 Å². The van der Waals surface area contributed by atoms with E-state index in [1.807, 2.05) is 6.92 Å². The Bertz CT molecular complexity index is 549. The highest BCUT2D eigenvalue weighted by atomic mass is 16.5. The Kier molecular flexibility index (Phi) is 5.30. The van der Waals surface area contributed by atoms with E-state index in [0.29, 0.717) is 13.2 Å². The van der Waals surface area contributed by atoms with E-state index in [-0.39, 0.29) is 24.5 Å². The molecule has 0 radical (unpaired) electrons. The minimum Gasteiger partial charge on any atom is -0.390 e. The lowest BCUT2D eigenvalue weighted by Gasteiger charge is -2.30. The molecular formula is C18H26N2O3. The maximum absolute atomic E-state index is 12.1. The van der Waals surface area contributed by atoms with Gasteiger partial charge in [0.25, 0.3) is 0 Å². The minimum absolute atomic E-state index is 0.0990. The van der Waals surface area contributed by atoms with Crippen molar-refractivity contribution in [2.24, 2.45) is 5.92 Å². The van der Waals surface area contributed by atoms with Gasteiger partial charge in [0.1, 0.15) is 6.10 Å². The van der Waals surface area contributed by atoms with Crippen LogP contribution in [-0.4, -0.2) is 54.4 Å². The van der Waals surface area contributed by atoms with E-state index in [2.05, 4.69) is 34.5 Å². The van der Waals surface area contributed by atoms with Gasteiger partial charge in [0.15, 0.2) is 0 Å². The molecule has 5 heteroatoms. The predicted molar refractivity (Wildman–Crippen MR) is 88.0 cm³/mol. The number of nitrogens with one attached hydrogen (secondary N) is 1. The second kappa shape index (κ2) is 7.43. The first-order valence-electron chi connectivity index (χ1n) is 8.50. The Morgan fingerprint density at radius 3 is 2.96 bits per heavy atom. The maximum atomic E-state index is 12.1. The summed E-state index contributed by atoms with van der Waals surface area (Å²) in [7, 11) is 0. The summed E-state index contributed by atoms with van der Waals surface area (Å²) < 4.78 is 5.44. The van der Waals surface area contributed by atoms with Crippen molar-refractivity contribution in [2.45, 2.75) is 38.5 Å². The van der Waals surface area contributed by atoms with Crippen LogP contribution >= 0.6 is 0 Å². The van der Waals surface area contributed by atoms with Crippen molar-refractivity contribution in [3.63, 3.8) is 0 Å². The van der Waals surface area contributed by atoms with E-state index in [4.69, 9.17) is 4.74 Å². The number of amides is 1. The third-order valence-corrected chi connectivity index (χ3v) is 4.84. The first kappa shape index (κ1) is 16.4. The monoisotopic (exact) mass is 318 g/mol. The van der Waals surface area contributed by atoms with Gasteiger partial charge in [-0.3, -0.25) is 9.69 Å². The number of aliphatic hydroxyl groups is 1. The molecule has 0 bridgehead atoms. The molecule has 2 aliphatic rings. The van der Waals surface area contributed by atoms with Crippen molar-refractivity contribution in [3.05, 3.63) is 35.4 Å². The highest BCUT2D eigenvalue weighted by Gasteiger charge is 2.31. The van der Waals surface area contributed by atoms with Crippen molar-refractivity contribution in [1.82, 2.24) is 10.2 Å². The van der Waals surface area contributed by atoms with Gasteiger partial charge in [0, 0.05) is 32.8 Å². The second-order valence-electron chi connectivity index (χ2n) is 6.71. The molecule has 23 heavy (non-hydrogen) atoms. The van der Waals surface area contributed by atoms with Crippen LogP contribution in [0.5, 0.6) is 0 Å². The SMILES string of the molecule is CC1CCOC1C(=O)NCC(O)CN1CCc2ccccc2C1. The summed E-state index contributed by atoms with van der Waals surface area (Å²) in [5.41, 5.74) is 2.74. The average molecular weight is 318 g/mol. The zero-order valence-electron chi connectivity index (χ0n) is 13.7. The van der Waals surface area contributed by atoms with E-state index in [9.17, 15) is 9.90 Å².